The minimum Gasteiger partial charge on any atom is -0.338 e. The van der Waals surface area contributed by atoms with E-state index in [1.54, 1.807) is 24.1 Å². The van der Waals surface area contributed by atoms with Gasteiger partial charge in [0.2, 0.25) is 17.6 Å². The standard InChI is InChI=1S/C16H15FN4O2S/c1-21(9-14(22)18-12-5-2-4-11(17)8-12)10-15-19-16(20-23-15)13-6-3-7-24-13/h2-8H,9-10H2,1H3,(H,18,22). The van der Waals surface area contributed by atoms with E-state index in [2.05, 4.69) is 15.5 Å². The van der Waals surface area contributed by atoms with Gasteiger partial charge < -0.3 is 9.84 Å². The van der Waals surface area contributed by atoms with Crippen LogP contribution in [0, 0.1) is 5.82 Å². The first-order valence-corrected chi connectivity index (χ1v) is 8.08. The van der Waals surface area contributed by atoms with Gasteiger partial charge in [-0.05, 0) is 36.7 Å². The predicted molar refractivity (Wildman–Crippen MR) is 89.0 cm³/mol. The van der Waals surface area contributed by atoms with Crippen molar-refractivity contribution in [2.45, 2.75) is 6.54 Å². The molecule has 0 saturated carbocycles. The molecule has 0 aliphatic rings. The number of hydrogen-bond acceptors (Lipinski definition) is 6. The number of carbonyl (C=O) groups is 1. The Labute approximate surface area is 141 Å². The highest BCUT2D eigenvalue weighted by Crippen LogP contribution is 2.21. The van der Waals surface area contributed by atoms with Gasteiger partial charge in [0, 0.05) is 5.69 Å². The van der Waals surface area contributed by atoms with E-state index in [1.807, 2.05) is 17.5 Å². The molecule has 0 aliphatic carbocycles. The van der Waals surface area contributed by atoms with E-state index in [0.29, 0.717) is 23.9 Å². The number of nitrogens with one attached hydrogen (secondary N) is 1. The molecule has 0 saturated heterocycles. The second kappa shape index (κ2) is 7.33. The number of benzene rings is 1. The molecule has 6 nitrogen and oxygen atoms in total. The van der Waals surface area contributed by atoms with Crippen LogP contribution in [0.2, 0.25) is 0 Å². The molecule has 2 heterocycles. The Bertz CT molecular complexity index is 819. The number of likely N-dealkylation sites (N-methyl/N-ethyl adjacent to an activating group) is 1. The van der Waals surface area contributed by atoms with Gasteiger partial charge in [0.15, 0.2) is 0 Å². The molecule has 0 bridgehead atoms. The predicted octanol–water partition coefficient (Wildman–Crippen LogP) is 3.01. The molecule has 0 unspecified atom stereocenters. The molecule has 1 aromatic carbocycles. The van der Waals surface area contributed by atoms with Crippen molar-refractivity contribution in [3.63, 3.8) is 0 Å². The monoisotopic (exact) mass is 346 g/mol. The van der Waals surface area contributed by atoms with Crippen LogP contribution in [0.4, 0.5) is 10.1 Å². The molecule has 0 aliphatic heterocycles. The summed E-state index contributed by atoms with van der Waals surface area (Å²) >= 11 is 1.53. The van der Waals surface area contributed by atoms with Crippen molar-refractivity contribution in [3.05, 3.63) is 53.5 Å². The van der Waals surface area contributed by atoms with Gasteiger partial charge in [-0.1, -0.05) is 17.3 Å². The Morgan fingerprint density at radius 2 is 2.25 bits per heavy atom. The van der Waals surface area contributed by atoms with E-state index in [4.69, 9.17) is 4.52 Å². The number of rotatable bonds is 6. The summed E-state index contributed by atoms with van der Waals surface area (Å²) in [6, 6.07) is 9.59. The molecule has 0 spiro atoms. The topological polar surface area (TPSA) is 71.3 Å². The van der Waals surface area contributed by atoms with Crippen LogP contribution >= 0.6 is 11.3 Å². The largest absolute Gasteiger partial charge is 0.338 e. The molecule has 0 fully saturated rings. The van der Waals surface area contributed by atoms with Crippen molar-refractivity contribution < 1.29 is 13.7 Å². The van der Waals surface area contributed by atoms with Crippen molar-refractivity contribution in [2.24, 2.45) is 0 Å². The zero-order chi connectivity index (χ0) is 16.9. The SMILES string of the molecule is CN(CC(=O)Nc1cccc(F)c1)Cc1nc(-c2cccs2)no1. The Balaban J connectivity index is 1.53. The zero-order valence-electron chi connectivity index (χ0n) is 12.9. The van der Waals surface area contributed by atoms with Crippen LogP contribution in [0.3, 0.4) is 0 Å². The van der Waals surface area contributed by atoms with E-state index in [0.717, 1.165) is 4.88 Å². The maximum absolute atomic E-state index is 13.1. The van der Waals surface area contributed by atoms with Gasteiger partial charge >= 0.3 is 0 Å². The van der Waals surface area contributed by atoms with E-state index >= 15 is 0 Å². The zero-order valence-corrected chi connectivity index (χ0v) is 13.7. The van der Waals surface area contributed by atoms with E-state index in [-0.39, 0.29) is 12.5 Å². The fourth-order valence-electron chi connectivity index (χ4n) is 2.12. The number of halogens is 1. The number of nitrogens with zero attached hydrogens (tertiary/aromatic N) is 3. The second-order valence-corrected chi connectivity index (χ2v) is 6.17. The number of thiophene rings is 1. The van der Waals surface area contributed by atoms with Gasteiger partial charge in [-0.25, -0.2) is 4.39 Å². The summed E-state index contributed by atoms with van der Waals surface area (Å²) < 4.78 is 18.3. The molecule has 124 valence electrons. The fraction of sp³-hybridized carbons (Fsp3) is 0.188. The highest BCUT2D eigenvalue weighted by Gasteiger charge is 2.13. The molecule has 8 heteroatoms. The van der Waals surface area contributed by atoms with Crippen LogP contribution in [0.1, 0.15) is 5.89 Å². The highest BCUT2D eigenvalue weighted by atomic mass is 32.1. The van der Waals surface area contributed by atoms with Crippen molar-refractivity contribution in [3.8, 4) is 10.7 Å². The molecular weight excluding hydrogens is 331 g/mol. The van der Waals surface area contributed by atoms with Gasteiger partial charge in [0.1, 0.15) is 5.82 Å². The van der Waals surface area contributed by atoms with Crippen molar-refractivity contribution in [2.75, 3.05) is 18.9 Å². The quantitative estimate of drug-likeness (QED) is 0.743. The van der Waals surface area contributed by atoms with Crippen molar-refractivity contribution in [1.29, 1.82) is 0 Å². The molecule has 24 heavy (non-hydrogen) atoms. The van der Waals surface area contributed by atoms with Crippen LogP contribution in [0.15, 0.2) is 46.3 Å². The third kappa shape index (κ3) is 4.24. The molecule has 0 atom stereocenters. The summed E-state index contributed by atoms with van der Waals surface area (Å²) in [7, 11) is 1.76. The maximum atomic E-state index is 13.1. The number of aromatic nitrogens is 2. The first-order valence-electron chi connectivity index (χ1n) is 7.20. The third-order valence-electron chi connectivity index (χ3n) is 3.14. The molecule has 0 radical (unpaired) electrons. The Hall–Kier alpha value is -2.58. The van der Waals surface area contributed by atoms with Crippen LogP contribution in [-0.4, -0.2) is 34.5 Å². The summed E-state index contributed by atoms with van der Waals surface area (Å²) in [6.45, 7) is 0.460. The van der Waals surface area contributed by atoms with Crippen LogP contribution < -0.4 is 5.32 Å². The first kappa shape index (κ1) is 16.3. The minimum atomic E-state index is -0.395. The van der Waals surface area contributed by atoms with Crippen molar-refractivity contribution >= 4 is 22.9 Å². The van der Waals surface area contributed by atoms with Gasteiger partial charge in [-0.15, -0.1) is 11.3 Å². The van der Waals surface area contributed by atoms with Crippen LogP contribution in [0.25, 0.3) is 10.7 Å². The van der Waals surface area contributed by atoms with E-state index in [9.17, 15) is 9.18 Å². The minimum absolute atomic E-state index is 0.118. The Morgan fingerprint density at radius 3 is 3.00 bits per heavy atom. The number of carbonyl (C=O) groups excluding carboxylic acids is 1. The first-order chi connectivity index (χ1) is 11.6. The molecule has 2 aromatic heterocycles. The lowest BCUT2D eigenvalue weighted by atomic mass is 10.3. The smallest absolute Gasteiger partial charge is 0.241 e. The maximum Gasteiger partial charge on any atom is 0.241 e. The highest BCUT2D eigenvalue weighted by molar-refractivity contribution is 7.13. The van der Waals surface area contributed by atoms with Crippen LogP contribution in [-0.2, 0) is 11.3 Å². The second-order valence-electron chi connectivity index (χ2n) is 5.22. The van der Waals surface area contributed by atoms with Gasteiger partial charge in [-0.2, -0.15) is 4.98 Å². The third-order valence-corrected chi connectivity index (χ3v) is 4.00. The summed E-state index contributed by atoms with van der Waals surface area (Å²) in [4.78, 5) is 18.9. The number of amides is 1. The normalized spacial score (nSPS) is 11.0. The lowest BCUT2D eigenvalue weighted by Gasteiger charge is -2.13. The van der Waals surface area contributed by atoms with Crippen molar-refractivity contribution in [1.82, 2.24) is 15.0 Å². The van der Waals surface area contributed by atoms with Gasteiger partial charge in [0.25, 0.3) is 0 Å². The Morgan fingerprint density at radius 1 is 1.38 bits per heavy atom. The summed E-state index contributed by atoms with van der Waals surface area (Å²) in [5, 5.41) is 8.50. The molecule has 1 N–H and O–H groups in total. The molecule has 3 aromatic rings. The average Bonchev–Trinajstić information content (AvgIpc) is 3.17. The lowest BCUT2D eigenvalue weighted by molar-refractivity contribution is -0.117. The number of hydrogen-bond donors (Lipinski definition) is 1. The fourth-order valence-corrected chi connectivity index (χ4v) is 2.77. The molecular formula is C16H15FN4O2S. The average molecular weight is 346 g/mol. The molecule has 3 rings (SSSR count). The summed E-state index contributed by atoms with van der Waals surface area (Å²) in [5.41, 5.74) is 0.422. The van der Waals surface area contributed by atoms with E-state index in [1.165, 1.54) is 23.5 Å². The summed E-state index contributed by atoms with van der Waals surface area (Å²) in [5.74, 6) is 0.325. The van der Waals surface area contributed by atoms with Gasteiger partial charge in [-0.3, -0.25) is 9.69 Å². The molecule has 1 amide bonds. The van der Waals surface area contributed by atoms with Crippen LogP contribution in [0.5, 0.6) is 0 Å². The summed E-state index contributed by atoms with van der Waals surface area (Å²) in [6.07, 6.45) is 0. The number of anilines is 1. The lowest BCUT2D eigenvalue weighted by Crippen LogP contribution is -2.29. The Kier molecular flexibility index (Phi) is 4.97. The van der Waals surface area contributed by atoms with E-state index < -0.39 is 5.82 Å². The van der Waals surface area contributed by atoms with Gasteiger partial charge in [0.05, 0.1) is 18.0 Å².